The van der Waals surface area contributed by atoms with Gasteiger partial charge in [-0.2, -0.15) is 0 Å². The first-order valence-corrected chi connectivity index (χ1v) is 13.2. The Morgan fingerprint density at radius 3 is 1.90 bits per heavy atom. The maximum Gasteiger partial charge on any atom is 0.143 e. The lowest BCUT2D eigenvalue weighted by Crippen LogP contribution is -1.94. The molecule has 3 heterocycles. The smallest absolute Gasteiger partial charge is 0.143 e. The van der Waals surface area contributed by atoms with Crippen molar-refractivity contribution in [2.24, 2.45) is 0 Å². The van der Waals surface area contributed by atoms with Crippen LogP contribution in [0, 0.1) is 0 Å². The van der Waals surface area contributed by atoms with Crippen molar-refractivity contribution < 1.29 is 8.83 Å². The number of aromatic nitrogens is 1. The van der Waals surface area contributed by atoms with Gasteiger partial charge in [0.25, 0.3) is 0 Å². The van der Waals surface area contributed by atoms with Gasteiger partial charge in [-0.3, -0.25) is 0 Å². The highest BCUT2D eigenvalue weighted by Crippen LogP contribution is 2.42. The summed E-state index contributed by atoms with van der Waals surface area (Å²) in [7, 11) is 0. The summed E-state index contributed by atoms with van der Waals surface area (Å²) in [5, 5.41) is 6.97. The van der Waals surface area contributed by atoms with E-state index in [1.165, 1.54) is 21.8 Å². The average Bonchev–Trinajstić information content (AvgIpc) is 3.66. The SMILES string of the molecule is c1ccc2c(c1)oc1cc(-c3cccc4c3oc3cccc(-n5c6ccccc6c6ccccc65)c34)ccc12. The Hall–Kier alpha value is -5.28. The quantitative estimate of drug-likeness (QED) is 0.237. The van der Waals surface area contributed by atoms with Gasteiger partial charge in [0.05, 0.1) is 22.1 Å². The van der Waals surface area contributed by atoms with Gasteiger partial charge in [-0.15, -0.1) is 0 Å². The highest BCUT2D eigenvalue weighted by atomic mass is 16.3. The molecule has 0 radical (unpaired) electrons. The third-order valence-corrected chi connectivity index (χ3v) is 8.01. The van der Waals surface area contributed by atoms with Crippen LogP contribution in [0.5, 0.6) is 0 Å². The summed E-state index contributed by atoms with van der Waals surface area (Å²) in [5.41, 5.74) is 9.17. The summed E-state index contributed by atoms with van der Waals surface area (Å²) in [6.07, 6.45) is 0. The predicted octanol–water partition coefficient (Wildman–Crippen LogP) is 10.2. The third-order valence-electron chi connectivity index (χ3n) is 8.01. The summed E-state index contributed by atoms with van der Waals surface area (Å²) in [4.78, 5) is 0. The molecular weight excluding hydrogens is 478 g/mol. The van der Waals surface area contributed by atoms with Crippen LogP contribution in [0.4, 0.5) is 0 Å². The first-order chi connectivity index (χ1) is 19.3. The van der Waals surface area contributed by atoms with Crippen molar-refractivity contribution in [2.45, 2.75) is 0 Å². The molecular formula is C36H21NO2. The molecule has 0 saturated heterocycles. The van der Waals surface area contributed by atoms with E-state index in [0.29, 0.717) is 0 Å². The molecule has 3 heteroatoms. The second-order valence-corrected chi connectivity index (χ2v) is 10.1. The van der Waals surface area contributed by atoms with E-state index in [-0.39, 0.29) is 0 Å². The first-order valence-electron chi connectivity index (χ1n) is 13.2. The Labute approximate surface area is 223 Å². The number of hydrogen-bond acceptors (Lipinski definition) is 2. The van der Waals surface area contributed by atoms with Crippen LogP contribution in [-0.2, 0) is 0 Å². The van der Waals surface area contributed by atoms with E-state index in [4.69, 9.17) is 8.83 Å². The molecule has 0 atom stereocenters. The van der Waals surface area contributed by atoms with Crippen LogP contribution < -0.4 is 0 Å². The average molecular weight is 500 g/mol. The van der Waals surface area contributed by atoms with Gasteiger partial charge in [-0.25, -0.2) is 0 Å². The molecule has 9 aromatic rings. The minimum Gasteiger partial charge on any atom is -0.456 e. The maximum atomic E-state index is 6.63. The molecule has 0 saturated carbocycles. The molecule has 0 N–H and O–H groups in total. The summed E-state index contributed by atoms with van der Waals surface area (Å²) >= 11 is 0. The Kier molecular flexibility index (Phi) is 4.05. The van der Waals surface area contributed by atoms with Crippen LogP contribution in [-0.4, -0.2) is 4.57 Å². The number of hydrogen-bond donors (Lipinski definition) is 0. The van der Waals surface area contributed by atoms with E-state index in [9.17, 15) is 0 Å². The molecule has 0 bridgehead atoms. The lowest BCUT2D eigenvalue weighted by atomic mass is 10.0. The molecule has 3 aromatic heterocycles. The van der Waals surface area contributed by atoms with Crippen molar-refractivity contribution in [1.29, 1.82) is 0 Å². The number of rotatable bonds is 2. The zero-order valence-electron chi connectivity index (χ0n) is 20.9. The molecule has 39 heavy (non-hydrogen) atoms. The second kappa shape index (κ2) is 7.62. The molecule has 3 nitrogen and oxygen atoms in total. The third kappa shape index (κ3) is 2.82. The van der Waals surface area contributed by atoms with Crippen molar-refractivity contribution in [3.05, 3.63) is 127 Å². The highest BCUT2D eigenvalue weighted by Gasteiger charge is 2.19. The lowest BCUT2D eigenvalue weighted by molar-refractivity contribution is 0.668. The number of benzene rings is 6. The summed E-state index contributed by atoms with van der Waals surface area (Å²) in [6, 6.07) is 44.7. The summed E-state index contributed by atoms with van der Waals surface area (Å²) in [6.45, 7) is 0. The van der Waals surface area contributed by atoms with Crippen molar-refractivity contribution in [2.75, 3.05) is 0 Å². The van der Waals surface area contributed by atoms with Crippen molar-refractivity contribution in [1.82, 2.24) is 4.57 Å². The first kappa shape index (κ1) is 20.7. The van der Waals surface area contributed by atoms with Crippen molar-refractivity contribution in [3.8, 4) is 16.8 Å². The molecule has 0 unspecified atom stereocenters. The number of furan rings is 2. The van der Waals surface area contributed by atoms with Gasteiger partial charge in [0.1, 0.15) is 22.3 Å². The molecule has 182 valence electrons. The Balaban J connectivity index is 1.33. The van der Waals surface area contributed by atoms with E-state index in [1.54, 1.807) is 0 Å². The van der Waals surface area contributed by atoms with E-state index in [0.717, 1.165) is 60.7 Å². The molecule has 6 aromatic carbocycles. The fourth-order valence-corrected chi connectivity index (χ4v) is 6.32. The number of fused-ring (bicyclic) bond motifs is 9. The lowest BCUT2D eigenvalue weighted by Gasteiger charge is -2.09. The van der Waals surface area contributed by atoms with E-state index >= 15 is 0 Å². The maximum absolute atomic E-state index is 6.63. The normalized spacial score (nSPS) is 12.1. The molecule has 0 amide bonds. The minimum absolute atomic E-state index is 0.877. The topological polar surface area (TPSA) is 31.2 Å². The Morgan fingerprint density at radius 2 is 1.08 bits per heavy atom. The predicted molar refractivity (Wildman–Crippen MR) is 161 cm³/mol. The molecule has 9 rings (SSSR count). The largest absolute Gasteiger partial charge is 0.456 e. The number of para-hydroxylation sites is 4. The monoisotopic (exact) mass is 499 g/mol. The minimum atomic E-state index is 0.877. The number of nitrogens with zero attached hydrogens (tertiary/aromatic N) is 1. The molecule has 0 aliphatic heterocycles. The van der Waals surface area contributed by atoms with Crippen molar-refractivity contribution >= 4 is 65.7 Å². The van der Waals surface area contributed by atoms with Gasteiger partial charge in [-0.1, -0.05) is 84.9 Å². The fraction of sp³-hybridized carbons (Fsp3) is 0. The Morgan fingerprint density at radius 1 is 0.436 bits per heavy atom. The zero-order chi connectivity index (χ0) is 25.5. The standard InChI is InChI=1S/C36H21NO2/c1-4-14-29-24(9-1)25-10-2-5-15-30(25)37(29)31-16-8-18-33-35(31)28-13-7-12-23(36(28)39-33)22-19-20-27-26-11-3-6-17-32(26)38-34(27)21-22/h1-21H. The van der Waals surface area contributed by atoms with Crippen LogP contribution in [0.25, 0.3) is 82.5 Å². The van der Waals surface area contributed by atoms with E-state index in [2.05, 4.69) is 120 Å². The molecule has 0 fully saturated rings. The van der Waals surface area contributed by atoms with Crippen LogP contribution in [0.1, 0.15) is 0 Å². The van der Waals surface area contributed by atoms with Crippen LogP contribution >= 0.6 is 0 Å². The van der Waals surface area contributed by atoms with Crippen LogP contribution in [0.15, 0.2) is 136 Å². The highest BCUT2D eigenvalue weighted by molar-refractivity contribution is 6.16. The molecule has 0 aliphatic carbocycles. The van der Waals surface area contributed by atoms with E-state index in [1.807, 2.05) is 12.1 Å². The van der Waals surface area contributed by atoms with Gasteiger partial charge < -0.3 is 13.4 Å². The van der Waals surface area contributed by atoms with Gasteiger partial charge in [0, 0.05) is 32.5 Å². The Bertz CT molecular complexity index is 2350. The summed E-state index contributed by atoms with van der Waals surface area (Å²) < 4.78 is 15.2. The second-order valence-electron chi connectivity index (χ2n) is 10.1. The summed E-state index contributed by atoms with van der Waals surface area (Å²) in [5.74, 6) is 0. The van der Waals surface area contributed by atoms with Crippen LogP contribution in [0.2, 0.25) is 0 Å². The van der Waals surface area contributed by atoms with E-state index < -0.39 is 0 Å². The van der Waals surface area contributed by atoms with Crippen molar-refractivity contribution in [3.63, 3.8) is 0 Å². The van der Waals surface area contributed by atoms with Gasteiger partial charge in [0.2, 0.25) is 0 Å². The van der Waals surface area contributed by atoms with Gasteiger partial charge in [0.15, 0.2) is 0 Å². The van der Waals surface area contributed by atoms with Gasteiger partial charge >= 0.3 is 0 Å². The van der Waals surface area contributed by atoms with Crippen LogP contribution in [0.3, 0.4) is 0 Å². The molecule has 0 aliphatic rings. The fourth-order valence-electron chi connectivity index (χ4n) is 6.32. The zero-order valence-corrected chi connectivity index (χ0v) is 20.9. The van der Waals surface area contributed by atoms with Gasteiger partial charge in [-0.05, 0) is 48.0 Å². The molecule has 0 spiro atoms.